The van der Waals surface area contributed by atoms with E-state index in [9.17, 15) is 18.0 Å². The lowest BCUT2D eigenvalue weighted by molar-refractivity contribution is -0.137. The normalized spacial score (nSPS) is 12.9. The van der Waals surface area contributed by atoms with Gasteiger partial charge in [0.05, 0.1) is 12.2 Å². The number of rotatable bonds is 6. The van der Waals surface area contributed by atoms with Gasteiger partial charge >= 0.3 is 6.18 Å². The highest BCUT2D eigenvalue weighted by Gasteiger charge is 2.31. The molecule has 1 rings (SSSR count). The Bertz CT molecular complexity index is 495. The number of alkyl halides is 3. The van der Waals surface area contributed by atoms with Crippen molar-refractivity contribution in [2.75, 3.05) is 25.6 Å². The Balaban J connectivity index is 2.74. The predicted octanol–water partition coefficient (Wildman–Crippen LogP) is 2.92. The molecule has 1 aromatic carbocycles. The van der Waals surface area contributed by atoms with E-state index in [4.69, 9.17) is 16.3 Å². The van der Waals surface area contributed by atoms with Crippen molar-refractivity contribution in [3.63, 3.8) is 0 Å². The topological polar surface area (TPSA) is 50.4 Å². The van der Waals surface area contributed by atoms with Crippen molar-refractivity contribution in [1.29, 1.82) is 0 Å². The lowest BCUT2D eigenvalue weighted by Gasteiger charge is -2.17. The predicted molar refractivity (Wildman–Crippen MR) is 74.4 cm³/mol. The van der Waals surface area contributed by atoms with E-state index in [1.807, 2.05) is 0 Å². The maximum absolute atomic E-state index is 12.7. The fourth-order valence-electron chi connectivity index (χ4n) is 1.58. The summed E-state index contributed by atoms with van der Waals surface area (Å²) in [5, 5.41) is 5.21. The van der Waals surface area contributed by atoms with Gasteiger partial charge in [0, 0.05) is 24.4 Å². The van der Waals surface area contributed by atoms with Crippen molar-refractivity contribution in [3.8, 4) is 0 Å². The molecule has 0 saturated heterocycles. The summed E-state index contributed by atoms with van der Waals surface area (Å²) in [5.41, 5.74) is -0.742. The largest absolute Gasteiger partial charge is 0.416 e. The Morgan fingerprint density at radius 3 is 2.62 bits per heavy atom. The van der Waals surface area contributed by atoms with Gasteiger partial charge in [-0.3, -0.25) is 4.79 Å². The van der Waals surface area contributed by atoms with Crippen LogP contribution in [0.25, 0.3) is 0 Å². The zero-order chi connectivity index (χ0) is 16.0. The first kappa shape index (κ1) is 17.6. The summed E-state index contributed by atoms with van der Waals surface area (Å²) in [6.07, 6.45) is -4.49. The number of benzene rings is 1. The van der Waals surface area contributed by atoms with Gasteiger partial charge in [-0.2, -0.15) is 13.2 Å². The maximum atomic E-state index is 12.7. The summed E-state index contributed by atoms with van der Waals surface area (Å²) in [6.45, 7) is 2.22. The molecule has 1 atom stereocenters. The van der Waals surface area contributed by atoms with Crippen molar-refractivity contribution in [3.05, 3.63) is 28.8 Å². The second-order valence-electron chi connectivity index (χ2n) is 4.38. The van der Waals surface area contributed by atoms with Gasteiger partial charge in [0.15, 0.2) is 0 Å². The van der Waals surface area contributed by atoms with Crippen molar-refractivity contribution >= 4 is 23.2 Å². The summed E-state index contributed by atoms with van der Waals surface area (Å²) in [5.74, 6) is -0.347. The molecule has 0 aliphatic carbocycles. The van der Waals surface area contributed by atoms with Gasteiger partial charge in [-0.1, -0.05) is 11.6 Å². The summed E-state index contributed by atoms with van der Waals surface area (Å²) in [6, 6.07) is 2.36. The molecular weight excluding hydrogens is 309 g/mol. The van der Waals surface area contributed by atoms with E-state index in [2.05, 4.69) is 10.6 Å². The summed E-state index contributed by atoms with van der Waals surface area (Å²) < 4.78 is 42.8. The van der Waals surface area contributed by atoms with Crippen molar-refractivity contribution in [2.24, 2.45) is 0 Å². The van der Waals surface area contributed by atoms with Crippen LogP contribution in [-0.2, 0) is 15.7 Å². The van der Waals surface area contributed by atoms with Gasteiger partial charge in [0.1, 0.15) is 6.04 Å². The Kier molecular flexibility index (Phi) is 6.29. The van der Waals surface area contributed by atoms with Crippen LogP contribution in [0.5, 0.6) is 0 Å². The molecule has 118 valence electrons. The number of hydrogen-bond acceptors (Lipinski definition) is 3. The molecular formula is C13H16ClF3N2O2. The molecule has 0 radical (unpaired) electrons. The van der Waals surface area contributed by atoms with Gasteiger partial charge in [-0.25, -0.2) is 0 Å². The molecule has 0 fully saturated rings. The first-order valence-electron chi connectivity index (χ1n) is 6.15. The Morgan fingerprint density at radius 2 is 2.05 bits per heavy atom. The van der Waals surface area contributed by atoms with Gasteiger partial charge in [-0.15, -0.1) is 0 Å². The number of carbonyl (C=O) groups is 1. The van der Waals surface area contributed by atoms with E-state index in [-0.39, 0.29) is 16.6 Å². The minimum absolute atomic E-state index is 0.0562. The third-order valence-electron chi connectivity index (χ3n) is 2.61. The lowest BCUT2D eigenvalue weighted by atomic mass is 10.1. The average molecular weight is 325 g/mol. The number of anilines is 1. The molecule has 0 aliphatic heterocycles. The summed E-state index contributed by atoms with van der Waals surface area (Å²) in [7, 11) is 1.50. The molecule has 0 heterocycles. The van der Waals surface area contributed by atoms with E-state index in [0.717, 1.165) is 12.1 Å². The number of nitrogens with one attached hydrogen (secondary N) is 2. The molecule has 0 aromatic heterocycles. The molecule has 2 N–H and O–H groups in total. The van der Waals surface area contributed by atoms with Gasteiger partial charge in [-0.05, 0) is 25.1 Å². The number of carbonyl (C=O) groups excluding carboxylic acids is 1. The number of amides is 1. The molecule has 4 nitrogen and oxygen atoms in total. The van der Waals surface area contributed by atoms with Crippen molar-refractivity contribution in [1.82, 2.24) is 5.32 Å². The zero-order valence-corrected chi connectivity index (χ0v) is 12.3. The Labute approximate surface area is 125 Å². The van der Waals surface area contributed by atoms with Crippen LogP contribution in [0.4, 0.5) is 18.9 Å². The molecule has 0 bridgehead atoms. The van der Waals surface area contributed by atoms with Crippen LogP contribution in [0.3, 0.4) is 0 Å². The molecule has 8 heteroatoms. The Morgan fingerprint density at radius 1 is 1.38 bits per heavy atom. The van der Waals surface area contributed by atoms with E-state index < -0.39 is 17.8 Å². The van der Waals surface area contributed by atoms with Crippen LogP contribution in [0.2, 0.25) is 5.02 Å². The van der Waals surface area contributed by atoms with Crippen LogP contribution in [0, 0.1) is 0 Å². The van der Waals surface area contributed by atoms with Gasteiger partial charge < -0.3 is 15.4 Å². The first-order chi connectivity index (χ1) is 9.74. The molecule has 21 heavy (non-hydrogen) atoms. The summed E-state index contributed by atoms with van der Waals surface area (Å²) >= 11 is 5.66. The van der Waals surface area contributed by atoms with Crippen LogP contribution in [0.1, 0.15) is 12.5 Å². The highest BCUT2D eigenvalue weighted by atomic mass is 35.5. The first-order valence-corrected chi connectivity index (χ1v) is 6.53. The van der Waals surface area contributed by atoms with E-state index in [0.29, 0.717) is 13.2 Å². The standard InChI is InChI=1S/C13H16ClF3N2O2/c1-8(12(20)18-3-4-21-2)19-11-6-9(13(15,16)17)5-10(14)7-11/h5-8,19H,3-4H2,1-2H3,(H,18,20). The second kappa shape index (κ2) is 7.51. The third kappa shape index (κ3) is 5.81. The molecule has 0 spiro atoms. The SMILES string of the molecule is COCCNC(=O)C(C)Nc1cc(Cl)cc(C(F)(F)F)c1. The highest BCUT2D eigenvalue weighted by Crippen LogP contribution is 2.33. The average Bonchev–Trinajstić information content (AvgIpc) is 2.37. The molecule has 1 unspecified atom stereocenters. The van der Waals surface area contributed by atoms with Gasteiger partial charge in [0.25, 0.3) is 0 Å². The van der Waals surface area contributed by atoms with Crippen LogP contribution in [0.15, 0.2) is 18.2 Å². The van der Waals surface area contributed by atoms with Crippen molar-refractivity contribution in [2.45, 2.75) is 19.1 Å². The fraction of sp³-hybridized carbons (Fsp3) is 0.462. The minimum atomic E-state index is -4.49. The van der Waals surface area contributed by atoms with Crippen LogP contribution >= 0.6 is 11.6 Å². The number of methoxy groups -OCH3 is 1. The number of hydrogen-bond donors (Lipinski definition) is 2. The van der Waals surface area contributed by atoms with Gasteiger partial charge in [0.2, 0.25) is 5.91 Å². The molecule has 1 aromatic rings. The zero-order valence-electron chi connectivity index (χ0n) is 11.6. The van der Waals surface area contributed by atoms with Crippen molar-refractivity contribution < 1.29 is 22.7 Å². The third-order valence-corrected chi connectivity index (χ3v) is 2.83. The minimum Gasteiger partial charge on any atom is -0.383 e. The number of ether oxygens (including phenoxy) is 1. The monoisotopic (exact) mass is 324 g/mol. The van der Waals surface area contributed by atoms with Crippen LogP contribution in [-0.4, -0.2) is 32.2 Å². The fourth-order valence-corrected chi connectivity index (χ4v) is 1.82. The Hall–Kier alpha value is -1.47. The second-order valence-corrected chi connectivity index (χ2v) is 4.81. The number of halogens is 4. The lowest BCUT2D eigenvalue weighted by Crippen LogP contribution is -2.39. The van der Waals surface area contributed by atoms with E-state index >= 15 is 0 Å². The quantitative estimate of drug-likeness (QED) is 0.791. The highest BCUT2D eigenvalue weighted by molar-refractivity contribution is 6.31. The molecule has 0 aliphatic rings. The smallest absolute Gasteiger partial charge is 0.383 e. The van der Waals surface area contributed by atoms with Crippen LogP contribution < -0.4 is 10.6 Å². The molecule has 1 amide bonds. The van der Waals surface area contributed by atoms with E-state index in [1.54, 1.807) is 0 Å². The summed E-state index contributed by atoms with van der Waals surface area (Å²) in [4.78, 5) is 11.7. The maximum Gasteiger partial charge on any atom is 0.416 e. The van der Waals surface area contributed by atoms with E-state index in [1.165, 1.54) is 20.1 Å². The molecule has 0 saturated carbocycles.